The average molecular weight is 276 g/mol. The number of nitrogens with one attached hydrogen (secondary N) is 1. The van der Waals surface area contributed by atoms with Gasteiger partial charge in [-0.25, -0.2) is 14.6 Å². The third-order valence-electron chi connectivity index (χ3n) is 3.24. The first-order valence-corrected chi connectivity index (χ1v) is 7.06. The molecular formula is C13H20N6O. The van der Waals surface area contributed by atoms with E-state index in [4.69, 9.17) is 4.63 Å². The van der Waals surface area contributed by atoms with Crippen LogP contribution in [0.25, 0.3) is 11.3 Å². The van der Waals surface area contributed by atoms with E-state index in [1.165, 1.54) is 19.3 Å². The topological polar surface area (TPSA) is 80.0 Å². The van der Waals surface area contributed by atoms with Gasteiger partial charge in [0, 0.05) is 18.6 Å². The van der Waals surface area contributed by atoms with Crippen molar-refractivity contribution in [3.8, 4) is 0 Å². The fourth-order valence-corrected chi connectivity index (χ4v) is 2.39. The van der Waals surface area contributed by atoms with Crippen molar-refractivity contribution in [2.24, 2.45) is 0 Å². The van der Waals surface area contributed by atoms with Gasteiger partial charge in [0.1, 0.15) is 0 Å². The predicted molar refractivity (Wildman–Crippen MR) is 76.8 cm³/mol. The summed E-state index contributed by atoms with van der Waals surface area (Å²) in [6.07, 6.45) is 3.65. The van der Waals surface area contributed by atoms with Crippen molar-refractivity contribution in [1.82, 2.24) is 20.3 Å². The van der Waals surface area contributed by atoms with Gasteiger partial charge in [0.05, 0.1) is 0 Å². The maximum Gasteiger partial charge on any atom is 0.245 e. The van der Waals surface area contributed by atoms with Crippen LogP contribution in [0.1, 0.15) is 40.0 Å². The highest BCUT2D eigenvalue weighted by atomic mass is 16.6. The van der Waals surface area contributed by atoms with Gasteiger partial charge in [0.2, 0.25) is 11.3 Å². The molecular weight excluding hydrogens is 256 g/mol. The highest BCUT2D eigenvalue weighted by Gasteiger charge is 2.22. The Bertz CT molecular complexity index is 596. The Kier molecular flexibility index (Phi) is 3.19. The Morgan fingerprint density at radius 2 is 1.65 bits per heavy atom. The zero-order valence-corrected chi connectivity index (χ0v) is 12.2. The normalized spacial score (nSPS) is 16.6. The van der Waals surface area contributed by atoms with Crippen molar-refractivity contribution in [2.45, 2.75) is 45.6 Å². The van der Waals surface area contributed by atoms with E-state index in [2.05, 4.69) is 51.3 Å². The van der Waals surface area contributed by atoms with Crippen LogP contribution < -0.4 is 10.2 Å². The van der Waals surface area contributed by atoms with Crippen molar-refractivity contribution >= 4 is 22.9 Å². The second-order valence-corrected chi connectivity index (χ2v) is 6.23. The molecule has 1 aliphatic rings. The molecule has 0 aromatic carbocycles. The maximum atomic E-state index is 4.72. The lowest BCUT2D eigenvalue weighted by molar-refractivity contribution is 0.314. The SMILES string of the molecule is CC(C)(C)Nc1nc2nonc2nc1N1CCCCC1. The van der Waals surface area contributed by atoms with Gasteiger partial charge in [0.25, 0.3) is 0 Å². The van der Waals surface area contributed by atoms with Crippen LogP contribution in [-0.2, 0) is 0 Å². The second kappa shape index (κ2) is 4.88. The van der Waals surface area contributed by atoms with Gasteiger partial charge in [0.15, 0.2) is 11.6 Å². The number of piperidine rings is 1. The third-order valence-corrected chi connectivity index (χ3v) is 3.24. The molecule has 7 heteroatoms. The van der Waals surface area contributed by atoms with Crippen molar-refractivity contribution in [2.75, 3.05) is 23.3 Å². The summed E-state index contributed by atoms with van der Waals surface area (Å²) in [5, 5.41) is 11.0. The zero-order valence-electron chi connectivity index (χ0n) is 12.2. The molecule has 0 unspecified atom stereocenters. The Labute approximate surface area is 117 Å². The fourth-order valence-electron chi connectivity index (χ4n) is 2.39. The molecule has 3 rings (SSSR count). The minimum Gasteiger partial charge on any atom is -0.362 e. The molecule has 1 fully saturated rings. The molecule has 0 atom stereocenters. The summed E-state index contributed by atoms with van der Waals surface area (Å²) in [6, 6.07) is 0. The number of rotatable bonds is 2. The van der Waals surface area contributed by atoms with E-state index in [0.29, 0.717) is 11.3 Å². The van der Waals surface area contributed by atoms with Crippen LogP contribution in [0.5, 0.6) is 0 Å². The highest BCUT2D eigenvalue weighted by Crippen LogP contribution is 2.28. The Morgan fingerprint density at radius 1 is 1.00 bits per heavy atom. The van der Waals surface area contributed by atoms with E-state index in [1.807, 2.05) is 0 Å². The van der Waals surface area contributed by atoms with Gasteiger partial charge >= 0.3 is 0 Å². The van der Waals surface area contributed by atoms with Gasteiger partial charge in [-0.05, 0) is 50.3 Å². The summed E-state index contributed by atoms with van der Waals surface area (Å²) in [5.41, 5.74) is 0.812. The van der Waals surface area contributed by atoms with Gasteiger partial charge < -0.3 is 10.2 Å². The molecule has 7 nitrogen and oxygen atoms in total. The molecule has 0 spiro atoms. The second-order valence-electron chi connectivity index (χ2n) is 6.23. The smallest absolute Gasteiger partial charge is 0.245 e. The zero-order chi connectivity index (χ0) is 14.2. The number of aromatic nitrogens is 4. The van der Waals surface area contributed by atoms with Crippen molar-refractivity contribution in [3.63, 3.8) is 0 Å². The molecule has 1 aliphatic heterocycles. The number of nitrogens with zero attached hydrogens (tertiary/aromatic N) is 5. The quantitative estimate of drug-likeness (QED) is 0.900. The van der Waals surface area contributed by atoms with Gasteiger partial charge in [-0.3, -0.25) is 0 Å². The molecule has 2 aromatic rings. The lowest BCUT2D eigenvalue weighted by Gasteiger charge is -2.30. The van der Waals surface area contributed by atoms with E-state index in [1.54, 1.807) is 0 Å². The molecule has 0 saturated carbocycles. The Hall–Kier alpha value is -1.92. The molecule has 0 radical (unpaired) electrons. The number of hydrogen-bond acceptors (Lipinski definition) is 7. The summed E-state index contributed by atoms with van der Waals surface area (Å²) in [4.78, 5) is 11.4. The fraction of sp³-hybridized carbons (Fsp3) is 0.692. The van der Waals surface area contributed by atoms with Crippen LogP contribution in [0.15, 0.2) is 4.63 Å². The molecule has 20 heavy (non-hydrogen) atoms. The van der Waals surface area contributed by atoms with Crippen LogP contribution in [-0.4, -0.2) is 38.9 Å². The third kappa shape index (κ3) is 2.66. The van der Waals surface area contributed by atoms with Gasteiger partial charge in [-0.2, -0.15) is 0 Å². The summed E-state index contributed by atoms with van der Waals surface area (Å²) in [6.45, 7) is 8.30. The van der Waals surface area contributed by atoms with Crippen molar-refractivity contribution < 1.29 is 4.63 Å². The summed E-state index contributed by atoms with van der Waals surface area (Å²) >= 11 is 0. The van der Waals surface area contributed by atoms with Crippen LogP contribution in [0.3, 0.4) is 0 Å². The monoisotopic (exact) mass is 276 g/mol. The molecule has 1 N–H and O–H groups in total. The lowest BCUT2D eigenvalue weighted by atomic mass is 10.1. The molecule has 1 saturated heterocycles. The average Bonchev–Trinajstić information content (AvgIpc) is 2.84. The number of anilines is 2. The van der Waals surface area contributed by atoms with Crippen molar-refractivity contribution in [3.05, 3.63) is 0 Å². The predicted octanol–water partition coefficient (Wildman–Crippen LogP) is 2.21. The minimum absolute atomic E-state index is 0.0932. The van der Waals surface area contributed by atoms with Crippen LogP contribution in [0, 0.1) is 0 Å². The first kappa shape index (κ1) is 13.1. The van der Waals surface area contributed by atoms with Crippen LogP contribution in [0.4, 0.5) is 11.6 Å². The number of fused-ring (bicyclic) bond motifs is 1. The molecule has 2 aromatic heterocycles. The molecule has 0 aliphatic carbocycles. The van der Waals surface area contributed by atoms with Gasteiger partial charge in [-0.15, -0.1) is 0 Å². The van der Waals surface area contributed by atoms with E-state index < -0.39 is 0 Å². The molecule has 108 valence electrons. The van der Waals surface area contributed by atoms with E-state index in [-0.39, 0.29) is 5.54 Å². The van der Waals surface area contributed by atoms with E-state index >= 15 is 0 Å². The van der Waals surface area contributed by atoms with E-state index in [0.717, 1.165) is 24.7 Å². The summed E-state index contributed by atoms with van der Waals surface area (Å²) < 4.78 is 4.72. The van der Waals surface area contributed by atoms with E-state index in [9.17, 15) is 0 Å². The highest BCUT2D eigenvalue weighted by molar-refractivity contribution is 5.74. The van der Waals surface area contributed by atoms with Crippen LogP contribution >= 0.6 is 0 Å². The minimum atomic E-state index is -0.0932. The summed E-state index contributed by atoms with van der Waals surface area (Å²) in [7, 11) is 0. The largest absolute Gasteiger partial charge is 0.362 e. The molecule has 0 bridgehead atoms. The van der Waals surface area contributed by atoms with Crippen molar-refractivity contribution in [1.29, 1.82) is 0 Å². The maximum absolute atomic E-state index is 4.72. The molecule has 3 heterocycles. The first-order valence-electron chi connectivity index (χ1n) is 7.06. The lowest BCUT2D eigenvalue weighted by Crippen LogP contribution is -2.33. The molecule has 0 amide bonds. The standard InChI is InChI=1S/C13H20N6O/c1-13(2,3)16-11-12(19-7-5-4-6-8-19)15-10-9(14-11)17-20-18-10/h4-8H2,1-3H3,(H,14,16,17). The van der Waals surface area contributed by atoms with Crippen LogP contribution in [0.2, 0.25) is 0 Å². The Morgan fingerprint density at radius 3 is 2.30 bits per heavy atom. The summed E-state index contributed by atoms with van der Waals surface area (Å²) in [5.74, 6) is 1.60. The van der Waals surface area contributed by atoms with Gasteiger partial charge in [-0.1, -0.05) is 0 Å². The number of hydrogen-bond donors (Lipinski definition) is 1. The first-order chi connectivity index (χ1) is 9.53. The Balaban J connectivity index is 2.03.